The van der Waals surface area contributed by atoms with E-state index in [1.165, 1.54) is 0 Å². The maximum Gasteiger partial charge on any atom is 0.327 e. The summed E-state index contributed by atoms with van der Waals surface area (Å²) in [6.45, 7) is -0.702. The molecule has 1 aliphatic heterocycles. The molecule has 7 N–H and O–H groups in total. The van der Waals surface area contributed by atoms with Crippen LogP contribution in [-0.2, 0) is 10.3 Å². The minimum absolute atomic E-state index is 0.0582. The van der Waals surface area contributed by atoms with Gasteiger partial charge in [0.15, 0.2) is 17.4 Å². The van der Waals surface area contributed by atoms with Gasteiger partial charge in [0.25, 0.3) is 5.91 Å². The molecule has 0 unspecified atom stereocenters. The molecule has 0 amide bonds. The van der Waals surface area contributed by atoms with Crippen molar-refractivity contribution in [1.29, 1.82) is 0 Å². The van der Waals surface area contributed by atoms with Gasteiger partial charge in [0.2, 0.25) is 0 Å². The summed E-state index contributed by atoms with van der Waals surface area (Å²) in [7, 11) is 0. The summed E-state index contributed by atoms with van der Waals surface area (Å²) in [5.41, 5.74) is -2.37. The van der Waals surface area contributed by atoms with Gasteiger partial charge in [0.05, 0.1) is 6.61 Å². The Morgan fingerprint density at radius 2 is 2.16 bits per heavy atom. The molecule has 2 aromatic rings. The highest BCUT2D eigenvalue weighted by molar-refractivity contribution is 7.16. The number of hydrogen-bond acceptors (Lipinski definition) is 11. The molecule has 0 bridgehead atoms. The summed E-state index contributed by atoms with van der Waals surface area (Å²) in [5, 5.41) is 44.8. The van der Waals surface area contributed by atoms with Crippen LogP contribution in [0.2, 0.25) is 0 Å². The molecular formula is C13H17N5O6S. The van der Waals surface area contributed by atoms with Crippen molar-refractivity contribution in [2.75, 3.05) is 12.4 Å². The molecule has 4 rings (SSSR count). The fourth-order valence-corrected chi connectivity index (χ4v) is 3.99. The average molecular weight is 371 g/mol. The molecule has 3 heterocycles. The van der Waals surface area contributed by atoms with Gasteiger partial charge in [-0.05, 0) is 12.8 Å². The van der Waals surface area contributed by atoms with E-state index in [0.717, 1.165) is 23.8 Å². The van der Waals surface area contributed by atoms with Gasteiger partial charge in [-0.25, -0.2) is 9.97 Å². The zero-order valence-corrected chi connectivity index (χ0v) is 13.7. The van der Waals surface area contributed by atoms with Gasteiger partial charge in [-0.15, -0.1) is 0 Å². The number of nitrogens with two attached hydrogens (primary N) is 1. The molecule has 2 aromatic heterocycles. The number of aliphatic hydroxyl groups excluding tert-OH is 2. The Labute approximate surface area is 144 Å². The van der Waals surface area contributed by atoms with E-state index in [2.05, 4.69) is 15.3 Å². The van der Waals surface area contributed by atoms with E-state index < -0.39 is 35.2 Å². The Morgan fingerprint density at radius 3 is 2.80 bits per heavy atom. The molecule has 0 spiro atoms. The average Bonchev–Trinajstić information content (AvgIpc) is 3.32. The van der Waals surface area contributed by atoms with Crippen LogP contribution in [0, 0.1) is 0 Å². The van der Waals surface area contributed by atoms with Crippen molar-refractivity contribution < 1.29 is 25.2 Å². The minimum Gasteiger partial charge on any atom is -0.394 e. The van der Waals surface area contributed by atoms with Crippen LogP contribution >= 0.6 is 11.3 Å². The zero-order valence-electron chi connectivity index (χ0n) is 12.9. The lowest BCUT2D eigenvalue weighted by atomic mass is 9.87. The summed E-state index contributed by atoms with van der Waals surface area (Å²) in [6.07, 6.45) is -0.621. The number of fused-ring (bicyclic) bond motifs is 1. The number of aliphatic hydroxyl groups is 4. The Bertz CT molecular complexity index is 883. The van der Waals surface area contributed by atoms with Gasteiger partial charge in [-0.1, -0.05) is 11.3 Å². The summed E-state index contributed by atoms with van der Waals surface area (Å²) in [5.74, 6) is 3.35. The fourth-order valence-electron chi connectivity index (χ4n) is 3.08. The highest BCUT2D eigenvalue weighted by Gasteiger charge is 2.66. The normalized spacial score (nSPS) is 35.5. The van der Waals surface area contributed by atoms with Crippen molar-refractivity contribution in [3.63, 3.8) is 0 Å². The summed E-state index contributed by atoms with van der Waals surface area (Å²) < 4.78 is 6.26. The van der Waals surface area contributed by atoms with E-state index >= 15 is 0 Å². The SMILES string of the molecule is Nn1c(=O)sc2c([C@]3(O)[C@@H](O)[C@](O)(NC4CC4)O[C@@H]3CO)ncnc21. The predicted octanol–water partition coefficient (Wildman–Crippen LogP) is -3.10. The number of rotatable bonds is 4. The Hall–Kier alpha value is -1.67. The molecule has 1 aliphatic carbocycles. The molecular weight excluding hydrogens is 354 g/mol. The van der Waals surface area contributed by atoms with E-state index in [-0.39, 0.29) is 22.1 Å². The van der Waals surface area contributed by atoms with Crippen molar-refractivity contribution >= 4 is 21.7 Å². The van der Waals surface area contributed by atoms with Crippen LogP contribution in [0.25, 0.3) is 10.3 Å². The van der Waals surface area contributed by atoms with Crippen molar-refractivity contribution in [3.8, 4) is 0 Å². The Kier molecular flexibility index (Phi) is 3.63. The first-order valence-electron chi connectivity index (χ1n) is 7.62. The third-order valence-corrected chi connectivity index (χ3v) is 5.48. The number of ether oxygens (including phenoxy) is 1. The lowest BCUT2D eigenvalue weighted by molar-refractivity contribution is -0.252. The largest absolute Gasteiger partial charge is 0.394 e. The number of aromatic nitrogens is 3. The van der Waals surface area contributed by atoms with Crippen molar-refractivity contribution in [3.05, 3.63) is 21.7 Å². The van der Waals surface area contributed by atoms with Gasteiger partial charge in [-0.2, -0.15) is 4.68 Å². The van der Waals surface area contributed by atoms with E-state index in [1.807, 2.05) is 0 Å². The number of nitrogens with one attached hydrogen (secondary N) is 1. The summed E-state index contributed by atoms with van der Waals surface area (Å²) in [6, 6.07) is -0.0621. The van der Waals surface area contributed by atoms with E-state index in [9.17, 15) is 25.2 Å². The van der Waals surface area contributed by atoms with Crippen molar-refractivity contribution in [2.45, 2.75) is 42.6 Å². The van der Waals surface area contributed by atoms with Gasteiger partial charge in [-0.3, -0.25) is 10.1 Å². The van der Waals surface area contributed by atoms with Gasteiger partial charge in [0.1, 0.15) is 22.8 Å². The molecule has 0 aromatic carbocycles. The molecule has 4 atom stereocenters. The molecule has 136 valence electrons. The van der Waals surface area contributed by atoms with E-state index in [4.69, 9.17) is 10.6 Å². The zero-order chi connectivity index (χ0) is 18.0. The van der Waals surface area contributed by atoms with Gasteiger partial charge >= 0.3 is 4.87 Å². The first-order chi connectivity index (χ1) is 11.8. The summed E-state index contributed by atoms with van der Waals surface area (Å²) in [4.78, 5) is 19.2. The highest BCUT2D eigenvalue weighted by Crippen LogP contribution is 2.45. The van der Waals surface area contributed by atoms with Crippen LogP contribution in [0.15, 0.2) is 11.1 Å². The molecule has 0 radical (unpaired) electrons. The molecule has 1 saturated heterocycles. The Balaban J connectivity index is 1.87. The third kappa shape index (κ3) is 2.30. The van der Waals surface area contributed by atoms with Gasteiger partial charge < -0.3 is 31.0 Å². The first kappa shape index (κ1) is 16.8. The smallest absolute Gasteiger partial charge is 0.327 e. The van der Waals surface area contributed by atoms with E-state index in [0.29, 0.717) is 11.3 Å². The lowest BCUT2D eigenvalue weighted by Crippen LogP contribution is -2.58. The minimum atomic E-state index is -2.28. The number of hydrogen-bond donors (Lipinski definition) is 6. The van der Waals surface area contributed by atoms with Gasteiger partial charge in [0, 0.05) is 6.04 Å². The summed E-state index contributed by atoms with van der Waals surface area (Å²) >= 11 is 0.679. The van der Waals surface area contributed by atoms with Crippen molar-refractivity contribution in [2.24, 2.45) is 0 Å². The quantitative estimate of drug-likeness (QED) is 0.238. The second-order valence-corrected chi connectivity index (χ2v) is 7.21. The third-order valence-electron chi connectivity index (χ3n) is 4.53. The molecule has 1 saturated carbocycles. The second-order valence-electron chi connectivity index (χ2n) is 6.24. The number of nitrogens with zero attached hydrogens (tertiary/aromatic N) is 3. The predicted molar refractivity (Wildman–Crippen MR) is 84.8 cm³/mol. The van der Waals surface area contributed by atoms with Crippen LogP contribution in [0.1, 0.15) is 18.5 Å². The lowest BCUT2D eigenvalue weighted by Gasteiger charge is -2.31. The number of thiazole rings is 1. The van der Waals surface area contributed by atoms with Crippen LogP contribution in [-0.4, -0.2) is 65.8 Å². The van der Waals surface area contributed by atoms with E-state index in [1.54, 1.807) is 0 Å². The molecule has 2 aliphatic rings. The van der Waals surface area contributed by atoms with Crippen LogP contribution in [0.3, 0.4) is 0 Å². The molecule has 25 heavy (non-hydrogen) atoms. The monoisotopic (exact) mass is 371 g/mol. The highest BCUT2D eigenvalue weighted by atomic mass is 32.1. The topological polar surface area (TPSA) is 176 Å². The molecule has 12 heteroatoms. The van der Waals surface area contributed by atoms with Crippen LogP contribution in [0.4, 0.5) is 0 Å². The molecule has 2 fully saturated rings. The fraction of sp³-hybridized carbons (Fsp3) is 0.615. The van der Waals surface area contributed by atoms with Crippen LogP contribution in [0.5, 0.6) is 0 Å². The first-order valence-corrected chi connectivity index (χ1v) is 8.44. The maximum absolute atomic E-state index is 11.8. The second kappa shape index (κ2) is 5.41. The van der Waals surface area contributed by atoms with Crippen molar-refractivity contribution in [1.82, 2.24) is 20.0 Å². The standard InChI is InChI=1S/C13H17N5O6S/c14-18-9-7(25-11(18)21)8(15-4-16-9)12(22)6(3-19)24-13(23,10(12)20)17-5-1-2-5/h4-6,10,17,19-20,22-23H,1-3,14H2/t6-,10-,12+,13-/m1/s1. The number of nitrogen functional groups attached to an aromatic ring is 1. The molecule has 11 nitrogen and oxygen atoms in total. The maximum atomic E-state index is 11.8. The van der Waals surface area contributed by atoms with Crippen LogP contribution < -0.4 is 16.0 Å². The Morgan fingerprint density at radius 1 is 1.44 bits per heavy atom.